The van der Waals surface area contributed by atoms with Gasteiger partial charge in [0.15, 0.2) is 0 Å². The molecule has 0 amide bonds. The van der Waals surface area contributed by atoms with E-state index in [4.69, 9.17) is 5.14 Å². The first-order chi connectivity index (χ1) is 9.88. The number of benzene rings is 2. The van der Waals surface area contributed by atoms with Gasteiger partial charge in [-0.05, 0) is 29.2 Å². The number of sulfonamides is 1. The number of para-hydroxylation sites is 1. The van der Waals surface area contributed by atoms with Gasteiger partial charge in [-0.3, -0.25) is 0 Å². The summed E-state index contributed by atoms with van der Waals surface area (Å²) < 4.78 is 23.0. The van der Waals surface area contributed by atoms with Gasteiger partial charge in [-0.2, -0.15) is 0 Å². The van der Waals surface area contributed by atoms with Gasteiger partial charge in [0, 0.05) is 6.54 Å². The molecule has 0 heterocycles. The summed E-state index contributed by atoms with van der Waals surface area (Å²) in [4.78, 5) is 0.115. The molecule has 0 fully saturated rings. The zero-order valence-corrected chi connectivity index (χ0v) is 13.0. The van der Waals surface area contributed by atoms with E-state index in [-0.39, 0.29) is 4.90 Å². The van der Waals surface area contributed by atoms with Crippen molar-refractivity contribution in [3.05, 3.63) is 59.7 Å². The Morgan fingerprint density at radius 2 is 1.67 bits per heavy atom. The van der Waals surface area contributed by atoms with E-state index in [1.807, 2.05) is 12.1 Å². The van der Waals surface area contributed by atoms with E-state index >= 15 is 0 Å². The van der Waals surface area contributed by atoms with Crippen LogP contribution >= 0.6 is 0 Å². The maximum atomic E-state index is 11.5. The lowest BCUT2D eigenvalue weighted by molar-refractivity contribution is 0.598. The van der Waals surface area contributed by atoms with Crippen molar-refractivity contribution in [2.24, 2.45) is 5.14 Å². The van der Waals surface area contributed by atoms with Crippen molar-refractivity contribution in [3.63, 3.8) is 0 Å². The molecule has 112 valence electrons. The molecule has 21 heavy (non-hydrogen) atoms. The third-order valence-electron chi connectivity index (χ3n) is 3.32. The van der Waals surface area contributed by atoms with Gasteiger partial charge in [0.1, 0.15) is 4.90 Å². The van der Waals surface area contributed by atoms with Crippen molar-refractivity contribution in [3.8, 4) is 0 Å². The van der Waals surface area contributed by atoms with Crippen LogP contribution in [-0.4, -0.2) is 8.42 Å². The first kappa shape index (κ1) is 15.5. The van der Waals surface area contributed by atoms with Crippen molar-refractivity contribution in [1.29, 1.82) is 0 Å². The summed E-state index contributed by atoms with van der Waals surface area (Å²) in [6.07, 6.45) is 0. The minimum atomic E-state index is -3.72. The Morgan fingerprint density at radius 1 is 1.05 bits per heavy atom. The van der Waals surface area contributed by atoms with Crippen LogP contribution in [0.1, 0.15) is 30.9 Å². The topological polar surface area (TPSA) is 72.2 Å². The average molecular weight is 304 g/mol. The molecule has 0 saturated carbocycles. The predicted octanol–water partition coefficient (Wildman–Crippen LogP) is 3.07. The van der Waals surface area contributed by atoms with Gasteiger partial charge >= 0.3 is 0 Å². The molecule has 2 rings (SSSR count). The Morgan fingerprint density at radius 3 is 2.24 bits per heavy atom. The second kappa shape index (κ2) is 6.28. The van der Waals surface area contributed by atoms with Gasteiger partial charge in [-0.1, -0.05) is 50.2 Å². The van der Waals surface area contributed by atoms with Crippen LogP contribution in [0.2, 0.25) is 0 Å². The third kappa shape index (κ3) is 4.06. The van der Waals surface area contributed by atoms with Crippen molar-refractivity contribution < 1.29 is 8.42 Å². The third-order valence-corrected chi connectivity index (χ3v) is 4.29. The molecule has 0 aromatic heterocycles. The minimum Gasteiger partial charge on any atom is -0.380 e. The van der Waals surface area contributed by atoms with Crippen LogP contribution in [0.5, 0.6) is 0 Å². The Hall–Kier alpha value is -1.85. The summed E-state index contributed by atoms with van der Waals surface area (Å²) in [5.74, 6) is 0.495. The Balaban J connectivity index is 2.14. The highest BCUT2D eigenvalue weighted by Gasteiger charge is 2.12. The van der Waals surface area contributed by atoms with Crippen molar-refractivity contribution in [2.75, 3.05) is 5.32 Å². The fourth-order valence-electron chi connectivity index (χ4n) is 2.08. The zero-order valence-electron chi connectivity index (χ0n) is 12.2. The second-order valence-electron chi connectivity index (χ2n) is 5.29. The highest BCUT2D eigenvalue weighted by atomic mass is 32.2. The molecule has 5 heteroatoms. The summed E-state index contributed by atoms with van der Waals surface area (Å²) in [5.41, 5.74) is 2.89. The number of hydrogen-bond acceptors (Lipinski definition) is 3. The Kier molecular flexibility index (Phi) is 4.65. The highest BCUT2D eigenvalue weighted by Crippen LogP contribution is 2.20. The largest absolute Gasteiger partial charge is 0.380 e. The summed E-state index contributed by atoms with van der Waals surface area (Å²) in [6, 6.07) is 14.9. The van der Waals surface area contributed by atoms with Crippen molar-refractivity contribution in [2.45, 2.75) is 31.2 Å². The van der Waals surface area contributed by atoms with Crippen molar-refractivity contribution in [1.82, 2.24) is 0 Å². The number of hydrogen-bond donors (Lipinski definition) is 2. The summed E-state index contributed by atoms with van der Waals surface area (Å²) in [6.45, 7) is 4.84. The normalized spacial score (nSPS) is 11.6. The second-order valence-corrected chi connectivity index (χ2v) is 6.82. The van der Waals surface area contributed by atoms with E-state index in [2.05, 4.69) is 31.3 Å². The molecule has 0 aliphatic heterocycles. The van der Waals surface area contributed by atoms with Gasteiger partial charge in [0.05, 0.1) is 5.69 Å². The summed E-state index contributed by atoms with van der Waals surface area (Å²) in [7, 11) is -3.72. The lowest BCUT2D eigenvalue weighted by atomic mass is 10.0. The van der Waals surface area contributed by atoms with Crippen LogP contribution in [0.15, 0.2) is 53.4 Å². The van der Waals surface area contributed by atoms with Gasteiger partial charge in [0.25, 0.3) is 0 Å². The van der Waals surface area contributed by atoms with Crippen LogP contribution in [0.25, 0.3) is 0 Å². The zero-order chi connectivity index (χ0) is 15.5. The number of rotatable bonds is 5. The van der Waals surface area contributed by atoms with E-state index in [0.717, 1.165) is 5.56 Å². The number of nitrogens with one attached hydrogen (secondary N) is 1. The van der Waals surface area contributed by atoms with Crippen LogP contribution in [0, 0.1) is 0 Å². The molecule has 2 aromatic rings. The molecular weight excluding hydrogens is 284 g/mol. The van der Waals surface area contributed by atoms with E-state index in [9.17, 15) is 8.42 Å². The fraction of sp³-hybridized carbons (Fsp3) is 0.250. The number of primary sulfonamides is 1. The van der Waals surface area contributed by atoms with Crippen LogP contribution in [-0.2, 0) is 16.6 Å². The summed E-state index contributed by atoms with van der Waals surface area (Å²) >= 11 is 0. The Bertz CT molecular complexity index is 707. The molecular formula is C16H20N2O2S. The fourth-order valence-corrected chi connectivity index (χ4v) is 2.79. The van der Waals surface area contributed by atoms with E-state index in [0.29, 0.717) is 18.2 Å². The molecule has 0 unspecified atom stereocenters. The van der Waals surface area contributed by atoms with E-state index in [1.165, 1.54) is 11.6 Å². The molecule has 0 bridgehead atoms. The van der Waals surface area contributed by atoms with Crippen molar-refractivity contribution >= 4 is 15.7 Å². The molecule has 0 spiro atoms. The maximum Gasteiger partial charge on any atom is 0.240 e. The molecule has 0 aliphatic rings. The first-order valence-electron chi connectivity index (χ1n) is 6.82. The average Bonchev–Trinajstić information content (AvgIpc) is 2.45. The predicted molar refractivity (Wildman–Crippen MR) is 85.7 cm³/mol. The quantitative estimate of drug-likeness (QED) is 0.891. The number of anilines is 1. The van der Waals surface area contributed by atoms with Crippen LogP contribution in [0.4, 0.5) is 5.69 Å². The molecule has 4 nitrogen and oxygen atoms in total. The van der Waals surface area contributed by atoms with Crippen LogP contribution < -0.4 is 10.5 Å². The highest BCUT2D eigenvalue weighted by molar-refractivity contribution is 7.89. The molecule has 0 atom stereocenters. The minimum absolute atomic E-state index is 0.115. The molecule has 0 saturated heterocycles. The van der Waals surface area contributed by atoms with Gasteiger partial charge in [-0.25, -0.2) is 13.6 Å². The SMILES string of the molecule is CC(C)c1ccc(CNc2ccccc2S(N)(=O)=O)cc1. The maximum absolute atomic E-state index is 11.5. The van der Waals surface area contributed by atoms with E-state index < -0.39 is 10.0 Å². The monoisotopic (exact) mass is 304 g/mol. The van der Waals surface area contributed by atoms with Gasteiger partial charge in [0.2, 0.25) is 10.0 Å². The lowest BCUT2D eigenvalue weighted by Crippen LogP contribution is -2.15. The lowest BCUT2D eigenvalue weighted by Gasteiger charge is -2.11. The molecule has 3 N–H and O–H groups in total. The van der Waals surface area contributed by atoms with E-state index in [1.54, 1.807) is 18.2 Å². The number of nitrogens with two attached hydrogens (primary N) is 1. The smallest absolute Gasteiger partial charge is 0.240 e. The molecule has 2 aromatic carbocycles. The standard InChI is InChI=1S/C16H20N2O2S/c1-12(2)14-9-7-13(8-10-14)11-18-15-5-3-4-6-16(15)21(17,19)20/h3-10,12,18H,11H2,1-2H3,(H2,17,19,20). The van der Waals surface area contributed by atoms with Gasteiger partial charge < -0.3 is 5.32 Å². The molecule has 0 aliphatic carbocycles. The van der Waals surface area contributed by atoms with Gasteiger partial charge in [-0.15, -0.1) is 0 Å². The van der Waals surface area contributed by atoms with Crippen LogP contribution in [0.3, 0.4) is 0 Å². The first-order valence-corrected chi connectivity index (χ1v) is 8.37. The Labute approximate surface area is 126 Å². The molecule has 0 radical (unpaired) electrons. The summed E-state index contributed by atoms with van der Waals surface area (Å²) in [5, 5.41) is 8.34.